The summed E-state index contributed by atoms with van der Waals surface area (Å²) in [7, 11) is 0. The number of rotatable bonds is 4. The minimum Gasteiger partial charge on any atom is -0.390 e. The summed E-state index contributed by atoms with van der Waals surface area (Å²) in [6.07, 6.45) is -0.0661. The maximum Gasteiger partial charge on any atom is 0.273 e. The van der Waals surface area contributed by atoms with E-state index in [0.717, 1.165) is 6.07 Å². The van der Waals surface area contributed by atoms with Crippen molar-refractivity contribution >= 4 is 34.4 Å². The van der Waals surface area contributed by atoms with Crippen molar-refractivity contribution in [2.75, 3.05) is 11.9 Å². The number of H-pyrrole nitrogens is 1. The van der Waals surface area contributed by atoms with Crippen LogP contribution < -0.4 is 5.32 Å². The number of aromatic nitrogens is 4. The summed E-state index contributed by atoms with van der Waals surface area (Å²) in [5, 5.41) is 30.7. The molecular weight excluding hydrogens is 470 g/mol. The third-order valence-corrected chi connectivity index (χ3v) is 6.71. The van der Waals surface area contributed by atoms with Gasteiger partial charge in [-0.25, -0.2) is 18.7 Å². The fraction of sp³-hybridized carbons (Fsp3) is 0.455. The number of nitrogens with zero attached hydrogens (tertiary/aromatic N) is 4. The summed E-state index contributed by atoms with van der Waals surface area (Å²) >= 11 is 5.99. The molecule has 1 aromatic carbocycles. The Kier molecular flexibility index (Phi) is 6.09. The Balaban J connectivity index is 1.49. The van der Waals surface area contributed by atoms with Gasteiger partial charge in [0.15, 0.2) is 5.65 Å². The van der Waals surface area contributed by atoms with Gasteiger partial charge in [-0.2, -0.15) is 5.10 Å². The first-order chi connectivity index (χ1) is 16.3. The predicted molar refractivity (Wildman–Crippen MR) is 120 cm³/mol. The third-order valence-electron chi connectivity index (χ3n) is 6.49. The molecule has 180 valence electrons. The molecule has 1 saturated heterocycles. The average molecular weight is 493 g/mol. The van der Waals surface area contributed by atoms with E-state index in [2.05, 4.69) is 25.5 Å². The molecule has 9 nitrogen and oxygen atoms in total. The largest absolute Gasteiger partial charge is 0.390 e. The van der Waals surface area contributed by atoms with Gasteiger partial charge in [-0.1, -0.05) is 11.6 Å². The number of likely N-dealkylation sites (tertiary alicyclic amines) is 1. The van der Waals surface area contributed by atoms with Crippen LogP contribution in [-0.4, -0.2) is 72.2 Å². The summed E-state index contributed by atoms with van der Waals surface area (Å²) < 4.78 is 28.4. The van der Waals surface area contributed by atoms with Gasteiger partial charge in [-0.15, -0.1) is 0 Å². The zero-order chi connectivity index (χ0) is 24.0. The molecule has 1 aliphatic carbocycles. The Morgan fingerprint density at radius 3 is 2.85 bits per heavy atom. The number of benzene rings is 1. The second-order valence-electron chi connectivity index (χ2n) is 8.77. The first-order valence-corrected chi connectivity index (χ1v) is 11.4. The highest BCUT2D eigenvalue weighted by Crippen LogP contribution is 2.37. The highest BCUT2D eigenvalue weighted by molar-refractivity contribution is 6.30. The van der Waals surface area contributed by atoms with Gasteiger partial charge in [-0.05, 0) is 43.0 Å². The molecule has 4 N–H and O–H groups in total. The summed E-state index contributed by atoms with van der Waals surface area (Å²) in [6, 6.07) is 2.71. The number of carbonyl (C=O) groups is 1. The fourth-order valence-electron chi connectivity index (χ4n) is 4.85. The first-order valence-electron chi connectivity index (χ1n) is 11.0. The highest BCUT2D eigenvalue weighted by atomic mass is 35.5. The standard InChI is InChI=1S/C22H23ClF2N6O3/c23-11-4-10(5-12(24)6-11)15-7-13(25)8-31(15)22(34)18-17-20(26-9-27-21(17)30-29-18)28-14-2-1-3-16(32)19(14)33/h4-6,9,13-16,19,32-33H,1-3,7-8H2,(H2,26,27,28,29,30)/t13-,14+,15+,16+,19-/m0/s1. The molecule has 5 atom stereocenters. The quantitative estimate of drug-likeness (QED) is 0.441. The third kappa shape index (κ3) is 4.19. The molecule has 5 rings (SSSR count). The second-order valence-corrected chi connectivity index (χ2v) is 9.20. The number of amides is 1. The number of alkyl halides is 1. The molecule has 3 heterocycles. The molecule has 0 radical (unpaired) electrons. The van der Waals surface area contributed by atoms with Crippen molar-refractivity contribution in [3.63, 3.8) is 0 Å². The van der Waals surface area contributed by atoms with E-state index in [1.165, 1.54) is 23.4 Å². The Bertz CT molecular complexity index is 1210. The number of halogens is 3. The van der Waals surface area contributed by atoms with Crippen molar-refractivity contribution in [1.82, 2.24) is 25.1 Å². The van der Waals surface area contributed by atoms with Gasteiger partial charge in [0.25, 0.3) is 5.91 Å². The summed E-state index contributed by atoms with van der Waals surface area (Å²) in [4.78, 5) is 23.2. The van der Waals surface area contributed by atoms with E-state index in [4.69, 9.17) is 11.6 Å². The molecule has 3 aromatic rings. The topological polar surface area (TPSA) is 127 Å². The van der Waals surface area contributed by atoms with Crippen molar-refractivity contribution in [3.05, 3.63) is 46.6 Å². The van der Waals surface area contributed by atoms with Gasteiger partial charge < -0.3 is 20.4 Å². The molecular formula is C22H23ClF2N6O3. The predicted octanol–water partition coefficient (Wildman–Crippen LogP) is 2.76. The van der Waals surface area contributed by atoms with Crippen LogP contribution in [0.5, 0.6) is 0 Å². The van der Waals surface area contributed by atoms with E-state index in [-0.39, 0.29) is 40.5 Å². The summed E-state index contributed by atoms with van der Waals surface area (Å²) in [6.45, 7) is -0.178. The van der Waals surface area contributed by atoms with Gasteiger partial charge in [0.2, 0.25) is 0 Å². The number of aliphatic hydroxyl groups excluding tert-OH is 2. The molecule has 0 spiro atoms. The molecule has 34 heavy (non-hydrogen) atoms. The van der Waals surface area contributed by atoms with Crippen LogP contribution in [0.2, 0.25) is 5.02 Å². The molecule has 1 amide bonds. The number of aliphatic hydroxyl groups is 2. The van der Waals surface area contributed by atoms with Crippen LogP contribution in [0.3, 0.4) is 0 Å². The van der Waals surface area contributed by atoms with Gasteiger partial charge in [0.1, 0.15) is 29.8 Å². The van der Waals surface area contributed by atoms with Gasteiger partial charge in [0, 0.05) is 11.4 Å². The smallest absolute Gasteiger partial charge is 0.273 e. The van der Waals surface area contributed by atoms with Crippen LogP contribution in [0, 0.1) is 5.82 Å². The Morgan fingerprint density at radius 1 is 1.24 bits per heavy atom. The Hall–Kier alpha value is -2.89. The molecule has 0 bridgehead atoms. The fourth-order valence-corrected chi connectivity index (χ4v) is 5.08. The SMILES string of the molecule is O=C(c1[nH]nc2ncnc(N[C@@H]3CCC[C@@H](O)[C@H]3O)c12)N1C[C@@H](F)C[C@@H]1c1cc(F)cc(Cl)c1. The Morgan fingerprint density at radius 2 is 2.06 bits per heavy atom. The van der Waals surface area contributed by atoms with Crippen LogP contribution in [0.1, 0.15) is 47.8 Å². The van der Waals surface area contributed by atoms with Crippen LogP contribution in [-0.2, 0) is 0 Å². The number of fused-ring (bicyclic) bond motifs is 1. The summed E-state index contributed by atoms with van der Waals surface area (Å²) in [5.74, 6) is -0.853. The zero-order valence-electron chi connectivity index (χ0n) is 18.0. The number of carbonyl (C=O) groups excluding carboxylic acids is 1. The maximum absolute atomic E-state index is 14.5. The lowest BCUT2D eigenvalue weighted by Crippen LogP contribution is -2.45. The lowest BCUT2D eigenvalue weighted by atomic mass is 9.90. The minimum absolute atomic E-state index is 0.00531. The maximum atomic E-state index is 14.5. The monoisotopic (exact) mass is 492 g/mol. The van der Waals surface area contributed by atoms with Crippen molar-refractivity contribution in [1.29, 1.82) is 0 Å². The average Bonchev–Trinajstić information content (AvgIpc) is 3.40. The van der Waals surface area contributed by atoms with E-state index in [1.807, 2.05) is 0 Å². The molecule has 2 aliphatic rings. The van der Waals surface area contributed by atoms with E-state index in [1.54, 1.807) is 0 Å². The van der Waals surface area contributed by atoms with E-state index in [9.17, 15) is 23.8 Å². The van der Waals surface area contributed by atoms with Crippen molar-refractivity contribution < 1.29 is 23.8 Å². The first kappa shape index (κ1) is 22.9. The molecule has 0 unspecified atom stereocenters. The highest BCUT2D eigenvalue weighted by Gasteiger charge is 2.39. The van der Waals surface area contributed by atoms with Crippen molar-refractivity contribution in [2.45, 2.75) is 56.1 Å². The van der Waals surface area contributed by atoms with Crippen molar-refractivity contribution in [3.8, 4) is 0 Å². The van der Waals surface area contributed by atoms with Crippen molar-refractivity contribution in [2.24, 2.45) is 0 Å². The lowest BCUT2D eigenvalue weighted by molar-refractivity contribution is -0.0161. The van der Waals surface area contributed by atoms with Gasteiger partial charge in [0.05, 0.1) is 36.2 Å². The molecule has 1 saturated carbocycles. The van der Waals surface area contributed by atoms with Crippen LogP contribution in [0.4, 0.5) is 14.6 Å². The Labute approximate surface area is 198 Å². The van der Waals surface area contributed by atoms with Crippen LogP contribution in [0.25, 0.3) is 11.0 Å². The second kappa shape index (κ2) is 9.05. The molecule has 1 aliphatic heterocycles. The van der Waals surface area contributed by atoms with Gasteiger partial charge in [-0.3, -0.25) is 9.89 Å². The number of anilines is 1. The zero-order valence-corrected chi connectivity index (χ0v) is 18.7. The number of hydrogen-bond donors (Lipinski definition) is 4. The summed E-state index contributed by atoms with van der Waals surface area (Å²) in [5.41, 5.74) is 0.662. The number of nitrogens with one attached hydrogen (secondary N) is 2. The number of hydrogen-bond acceptors (Lipinski definition) is 7. The van der Waals surface area contributed by atoms with Crippen LogP contribution >= 0.6 is 11.6 Å². The van der Waals surface area contributed by atoms with Crippen LogP contribution in [0.15, 0.2) is 24.5 Å². The van der Waals surface area contributed by atoms with E-state index < -0.39 is 42.2 Å². The number of aromatic amines is 1. The van der Waals surface area contributed by atoms with Gasteiger partial charge >= 0.3 is 0 Å². The molecule has 2 fully saturated rings. The van der Waals surface area contributed by atoms with E-state index >= 15 is 0 Å². The molecule has 2 aromatic heterocycles. The normalized spacial score (nSPS) is 27.3. The minimum atomic E-state index is -1.29. The van der Waals surface area contributed by atoms with E-state index in [0.29, 0.717) is 24.8 Å². The molecule has 12 heteroatoms. The lowest BCUT2D eigenvalue weighted by Gasteiger charge is -2.32.